The van der Waals surface area contributed by atoms with Gasteiger partial charge in [-0.3, -0.25) is 0 Å². The molecule has 1 fully saturated rings. The number of thioether (sulfide) groups is 1. The summed E-state index contributed by atoms with van der Waals surface area (Å²) < 4.78 is 0.428. The van der Waals surface area contributed by atoms with Gasteiger partial charge in [-0.15, -0.1) is 11.8 Å². The zero-order valence-electron chi connectivity index (χ0n) is 14.4. The zero-order valence-corrected chi connectivity index (χ0v) is 15.2. The molecular weight excluding hydrogens is 310 g/mol. The number of rotatable bonds is 5. The van der Waals surface area contributed by atoms with Crippen LogP contribution in [-0.4, -0.2) is 24.5 Å². The van der Waals surface area contributed by atoms with Crippen LogP contribution in [0.1, 0.15) is 42.4 Å². The van der Waals surface area contributed by atoms with E-state index in [0.29, 0.717) is 4.75 Å². The van der Waals surface area contributed by atoms with Gasteiger partial charge in [-0.05, 0) is 68.4 Å². The Morgan fingerprint density at radius 1 is 0.875 bits per heavy atom. The van der Waals surface area contributed by atoms with Crippen LogP contribution in [0.25, 0.3) is 0 Å². The summed E-state index contributed by atoms with van der Waals surface area (Å²) in [5.41, 5.74) is 4.70. The molecule has 1 nitrogen and oxygen atoms in total. The number of piperidine rings is 1. The second kappa shape index (κ2) is 7.33. The minimum atomic E-state index is 0.428. The number of aryl methyl sites for hydroxylation is 1. The van der Waals surface area contributed by atoms with Gasteiger partial charge in [-0.2, -0.15) is 0 Å². The molecule has 0 saturated carbocycles. The standard InChI is InChI=1S/C22H27NS/c1-2-8-19(9-3-1)10-6-7-15-23-16-13-22(14-17-23)21-12-5-4-11-20(21)18-24-22/h1-5,8-9,11-12H,6-7,10,13-18H2. The van der Waals surface area contributed by atoms with Crippen LogP contribution in [0.5, 0.6) is 0 Å². The summed E-state index contributed by atoms with van der Waals surface area (Å²) >= 11 is 2.20. The molecule has 2 aromatic rings. The Hall–Kier alpha value is -1.25. The summed E-state index contributed by atoms with van der Waals surface area (Å²) in [5.74, 6) is 1.22. The molecule has 126 valence electrons. The molecule has 0 aromatic heterocycles. The maximum absolute atomic E-state index is 2.69. The normalized spacial score (nSPS) is 19.5. The van der Waals surface area contributed by atoms with E-state index in [1.807, 2.05) is 0 Å². The SMILES string of the molecule is c1ccc(CCCCN2CCC3(CC2)SCc2ccccc23)cc1. The average Bonchev–Trinajstić information content (AvgIpc) is 3.00. The maximum atomic E-state index is 2.69. The lowest BCUT2D eigenvalue weighted by Crippen LogP contribution is -2.40. The van der Waals surface area contributed by atoms with Crippen LogP contribution < -0.4 is 0 Å². The van der Waals surface area contributed by atoms with Crippen molar-refractivity contribution in [1.29, 1.82) is 0 Å². The highest BCUT2D eigenvalue weighted by atomic mass is 32.2. The first-order valence-electron chi connectivity index (χ1n) is 9.34. The van der Waals surface area contributed by atoms with Crippen molar-refractivity contribution in [2.24, 2.45) is 0 Å². The molecule has 2 heterocycles. The first kappa shape index (κ1) is 16.2. The summed E-state index contributed by atoms with van der Waals surface area (Å²) in [4.78, 5) is 2.69. The predicted octanol–water partition coefficient (Wildman–Crippen LogP) is 5.25. The third-order valence-electron chi connectivity index (χ3n) is 5.71. The van der Waals surface area contributed by atoms with Crippen LogP contribution >= 0.6 is 11.8 Å². The smallest absolute Gasteiger partial charge is 0.0439 e. The molecule has 1 spiro atoms. The molecule has 4 rings (SSSR count). The van der Waals surface area contributed by atoms with Crippen molar-refractivity contribution in [3.05, 3.63) is 71.3 Å². The fourth-order valence-electron chi connectivity index (χ4n) is 4.25. The van der Waals surface area contributed by atoms with Gasteiger partial charge >= 0.3 is 0 Å². The molecule has 2 aliphatic heterocycles. The van der Waals surface area contributed by atoms with Crippen molar-refractivity contribution < 1.29 is 0 Å². The quantitative estimate of drug-likeness (QED) is 0.686. The summed E-state index contributed by atoms with van der Waals surface area (Å²) in [5, 5.41) is 0. The van der Waals surface area contributed by atoms with Crippen LogP contribution in [0, 0.1) is 0 Å². The molecule has 1 saturated heterocycles. The van der Waals surface area contributed by atoms with E-state index in [2.05, 4.69) is 71.3 Å². The molecule has 0 amide bonds. The predicted molar refractivity (Wildman–Crippen MR) is 104 cm³/mol. The number of hydrogen-bond donors (Lipinski definition) is 0. The highest BCUT2D eigenvalue weighted by molar-refractivity contribution is 7.99. The van der Waals surface area contributed by atoms with E-state index in [1.165, 1.54) is 63.1 Å². The van der Waals surface area contributed by atoms with Crippen molar-refractivity contribution in [1.82, 2.24) is 4.90 Å². The van der Waals surface area contributed by atoms with Crippen molar-refractivity contribution in [3.63, 3.8) is 0 Å². The zero-order chi connectivity index (χ0) is 16.2. The number of fused-ring (bicyclic) bond motifs is 2. The van der Waals surface area contributed by atoms with Crippen molar-refractivity contribution in [3.8, 4) is 0 Å². The minimum absolute atomic E-state index is 0.428. The van der Waals surface area contributed by atoms with Gasteiger partial charge in [-0.1, -0.05) is 54.6 Å². The van der Waals surface area contributed by atoms with Crippen molar-refractivity contribution in [2.45, 2.75) is 42.6 Å². The topological polar surface area (TPSA) is 3.24 Å². The minimum Gasteiger partial charge on any atom is -0.303 e. The van der Waals surface area contributed by atoms with Crippen LogP contribution in [0.2, 0.25) is 0 Å². The molecular formula is C22H27NS. The molecule has 2 heteroatoms. The summed E-state index contributed by atoms with van der Waals surface area (Å²) in [6.07, 6.45) is 6.51. The molecule has 0 unspecified atom stereocenters. The van der Waals surface area contributed by atoms with E-state index >= 15 is 0 Å². The van der Waals surface area contributed by atoms with Crippen molar-refractivity contribution in [2.75, 3.05) is 19.6 Å². The Labute approximate surface area is 150 Å². The number of hydrogen-bond acceptors (Lipinski definition) is 2. The summed E-state index contributed by atoms with van der Waals surface area (Å²) in [6.45, 7) is 3.81. The number of likely N-dealkylation sites (tertiary alicyclic amines) is 1. The molecule has 24 heavy (non-hydrogen) atoms. The van der Waals surface area contributed by atoms with Gasteiger partial charge in [0.2, 0.25) is 0 Å². The highest BCUT2D eigenvalue weighted by Crippen LogP contribution is 2.53. The van der Waals surface area contributed by atoms with Gasteiger partial charge in [0.15, 0.2) is 0 Å². The Balaban J connectivity index is 1.24. The third-order valence-corrected chi connectivity index (χ3v) is 7.34. The Bertz CT molecular complexity index is 659. The highest BCUT2D eigenvalue weighted by Gasteiger charge is 2.41. The number of nitrogens with zero attached hydrogens (tertiary/aromatic N) is 1. The molecule has 0 bridgehead atoms. The van der Waals surface area contributed by atoms with Crippen molar-refractivity contribution >= 4 is 11.8 Å². The van der Waals surface area contributed by atoms with Crippen LogP contribution in [0.15, 0.2) is 54.6 Å². The monoisotopic (exact) mass is 337 g/mol. The van der Waals surface area contributed by atoms with Gasteiger partial charge in [0, 0.05) is 10.5 Å². The average molecular weight is 338 g/mol. The number of benzene rings is 2. The molecule has 0 N–H and O–H groups in total. The van der Waals surface area contributed by atoms with E-state index in [0.717, 1.165) is 0 Å². The third kappa shape index (κ3) is 3.41. The van der Waals surface area contributed by atoms with E-state index in [-0.39, 0.29) is 0 Å². The Morgan fingerprint density at radius 2 is 1.62 bits per heavy atom. The largest absolute Gasteiger partial charge is 0.303 e. The fourth-order valence-corrected chi connectivity index (χ4v) is 5.75. The van der Waals surface area contributed by atoms with Gasteiger partial charge < -0.3 is 4.90 Å². The molecule has 2 aromatic carbocycles. The van der Waals surface area contributed by atoms with Crippen LogP contribution in [0.3, 0.4) is 0 Å². The van der Waals surface area contributed by atoms with Gasteiger partial charge in [-0.25, -0.2) is 0 Å². The lowest BCUT2D eigenvalue weighted by atomic mass is 9.86. The van der Waals surface area contributed by atoms with Gasteiger partial charge in [0.1, 0.15) is 0 Å². The lowest BCUT2D eigenvalue weighted by Gasteiger charge is -2.39. The van der Waals surface area contributed by atoms with E-state index in [1.54, 1.807) is 11.1 Å². The second-order valence-corrected chi connectivity index (χ2v) is 8.58. The Morgan fingerprint density at radius 3 is 2.46 bits per heavy atom. The summed E-state index contributed by atoms with van der Waals surface area (Å²) in [7, 11) is 0. The molecule has 2 aliphatic rings. The number of unbranched alkanes of at least 4 members (excludes halogenated alkanes) is 1. The Kier molecular flexibility index (Phi) is 4.96. The lowest BCUT2D eigenvalue weighted by molar-refractivity contribution is 0.198. The molecule has 0 atom stereocenters. The van der Waals surface area contributed by atoms with E-state index < -0.39 is 0 Å². The van der Waals surface area contributed by atoms with Crippen LogP contribution in [-0.2, 0) is 16.9 Å². The first-order valence-corrected chi connectivity index (χ1v) is 10.3. The van der Waals surface area contributed by atoms with Crippen LogP contribution in [0.4, 0.5) is 0 Å². The summed E-state index contributed by atoms with van der Waals surface area (Å²) in [6, 6.07) is 20.0. The maximum Gasteiger partial charge on any atom is 0.0439 e. The van der Waals surface area contributed by atoms with E-state index in [9.17, 15) is 0 Å². The second-order valence-electron chi connectivity index (χ2n) is 7.22. The fraction of sp³-hybridized carbons (Fsp3) is 0.455. The molecule has 0 aliphatic carbocycles. The van der Waals surface area contributed by atoms with Gasteiger partial charge in [0.05, 0.1) is 0 Å². The van der Waals surface area contributed by atoms with E-state index in [4.69, 9.17) is 0 Å². The first-order chi connectivity index (χ1) is 11.9. The van der Waals surface area contributed by atoms with Gasteiger partial charge in [0.25, 0.3) is 0 Å². The molecule has 0 radical (unpaired) electrons.